The lowest BCUT2D eigenvalue weighted by Crippen LogP contribution is -2.10. The summed E-state index contributed by atoms with van der Waals surface area (Å²) in [5.41, 5.74) is -0.0992. The lowest BCUT2D eigenvalue weighted by molar-refractivity contribution is 0.0678. The molecule has 2 nitrogen and oxygen atoms in total. The first-order valence-corrected chi connectivity index (χ1v) is 4.68. The maximum atomic E-state index is 12.1. The fourth-order valence-corrected chi connectivity index (χ4v) is 1.22. The lowest BCUT2D eigenvalue weighted by atomic mass is 10.1. The third-order valence-electron chi connectivity index (χ3n) is 1.71. The minimum absolute atomic E-state index is 0.0992. The van der Waals surface area contributed by atoms with Crippen LogP contribution < -0.4 is 4.74 Å². The van der Waals surface area contributed by atoms with Crippen molar-refractivity contribution in [1.82, 2.24) is 0 Å². The first-order chi connectivity index (χ1) is 7.06. The minimum atomic E-state index is -3.01. The maximum Gasteiger partial charge on any atom is 0.300 e. The predicted octanol–water partition coefficient (Wildman–Crippen LogP) is 3.19. The van der Waals surface area contributed by atoms with Gasteiger partial charge < -0.3 is 4.74 Å². The number of carbonyl (C=O) groups is 1. The number of carbonyl (C=O) groups excluding carboxylic acids is 1. The Labute approximate surface area is 90.8 Å². The average molecular weight is 235 g/mol. The smallest absolute Gasteiger partial charge is 0.300 e. The predicted molar refractivity (Wildman–Crippen MR) is 53.0 cm³/mol. The summed E-state index contributed by atoms with van der Waals surface area (Å²) in [5, 5.41) is 0.294. The maximum absolute atomic E-state index is 12.1. The molecule has 0 spiro atoms. The van der Waals surface area contributed by atoms with Gasteiger partial charge in [0.05, 0.1) is 11.6 Å². The fourth-order valence-electron chi connectivity index (χ4n) is 1.05. The number of rotatable bonds is 4. The van der Waals surface area contributed by atoms with Crippen molar-refractivity contribution < 1.29 is 18.3 Å². The fraction of sp³-hybridized carbons (Fsp3) is 0.300. The SMILES string of the molecule is CCOc1cc(C(=O)C(F)F)ccc1Cl. The number of benzene rings is 1. The van der Waals surface area contributed by atoms with E-state index >= 15 is 0 Å². The molecule has 0 aliphatic carbocycles. The number of alkyl halides is 2. The monoisotopic (exact) mass is 234 g/mol. The van der Waals surface area contributed by atoms with Gasteiger partial charge >= 0.3 is 6.43 Å². The van der Waals surface area contributed by atoms with Gasteiger partial charge in [0, 0.05) is 5.56 Å². The van der Waals surface area contributed by atoms with E-state index in [0.29, 0.717) is 11.6 Å². The number of Topliss-reactive ketones (excluding diaryl/α,β-unsaturated/α-hetero) is 1. The second-order valence-electron chi connectivity index (χ2n) is 2.74. The van der Waals surface area contributed by atoms with Crippen molar-refractivity contribution in [2.24, 2.45) is 0 Å². The Morgan fingerprint density at radius 3 is 2.73 bits per heavy atom. The highest BCUT2D eigenvalue weighted by atomic mass is 35.5. The van der Waals surface area contributed by atoms with Gasteiger partial charge in [0.1, 0.15) is 5.75 Å². The van der Waals surface area contributed by atoms with Gasteiger partial charge in [0.2, 0.25) is 5.78 Å². The molecule has 0 fully saturated rings. The van der Waals surface area contributed by atoms with E-state index in [9.17, 15) is 13.6 Å². The van der Waals surface area contributed by atoms with E-state index in [1.54, 1.807) is 6.92 Å². The van der Waals surface area contributed by atoms with E-state index < -0.39 is 12.2 Å². The zero-order chi connectivity index (χ0) is 11.4. The molecule has 0 bridgehead atoms. The molecule has 0 heterocycles. The summed E-state index contributed by atoms with van der Waals surface area (Å²) in [7, 11) is 0. The molecule has 1 aromatic carbocycles. The van der Waals surface area contributed by atoms with Crippen LogP contribution in [0.1, 0.15) is 17.3 Å². The average Bonchev–Trinajstić information content (AvgIpc) is 2.20. The highest BCUT2D eigenvalue weighted by molar-refractivity contribution is 6.32. The molecule has 0 atom stereocenters. The summed E-state index contributed by atoms with van der Waals surface area (Å²) in [6, 6.07) is 3.84. The molecule has 0 saturated heterocycles. The standard InChI is InChI=1S/C10H9ClF2O2/c1-2-15-8-5-6(3-4-7(8)11)9(14)10(12)13/h3-5,10H,2H2,1H3. The van der Waals surface area contributed by atoms with Crippen LogP contribution >= 0.6 is 11.6 Å². The van der Waals surface area contributed by atoms with Gasteiger partial charge in [-0.3, -0.25) is 4.79 Å². The molecule has 0 saturated carbocycles. The van der Waals surface area contributed by atoms with Crippen molar-refractivity contribution in [3.63, 3.8) is 0 Å². The summed E-state index contributed by atoms with van der Waals surface area (Å²) < 4.78 is 29.3. The van der Waals surface area contributed by atoms with E-state index in [2.05, 4.69) is 0 Å². The number of hydrogen-bond donors (Lipinski definition) is 0. The van der Waals surface area contributed by atoms with Crippen LogP contribution in [0, 0.1) is 0 Å². The molecule has 0 radical (unpaired) electrons. The van der Waals surface area contributed by atoms with Crippen LogP contribution in [0.3, 0.4) is 0 Å². The topological polar surface area (TPSA) is 26.3 Å². The summed E-state index contributed by atoms with van der Waals surface area (Å²) in [5.74, 6) is -0.988. The highest BCUT2D eigenvalue weighted by Crippen LogP contribution is 2.26. The van der Waals surface area contributed by atoms with Gasteiger partial charge in [-0.25, -0.2) is 8.78 Å². The van der Waals surface area contributed by atoms with Crippen molar-refractivity contribution in [1.29, 1.82) is 0 Å². The van der Waals surface area contributed by atoms with Crippen LogP contribution in [0.4, 0.5) is 8.78 Å². The van der Waals surface area contributed by atoms with E-state index in [4.69, 9.17) is 16.3 Å². The third kappa shape index (κ3) is 2.89. The first kappa shape index (κ1) is 11.9. The van der Waals surface area contributed by atoms with E-state index in [-0.39, 0.29) is 11.3 Å². The lowest BCUT2D eigenvalue weighted by Gasteiger charge is -2.07. The number of halogens is 3. The van der Waals surface area contributed by atoms with Crippen molar-refractivity contribution in [3.05, 3.63) is 28.8 Å². The summed E-state index contributed by atoms with van der Waals surface area (Å²) in [4.78, 5) is 11.0. The van der Waals surface area contributed by atoms with Gasteiger partial charge in [-0.1, -0.05) is 11.6 Å². The molecule has 5 heteroatoms. The minimum Gasteiger partial charge on any atom is -0.492 e. The molecular formula is C10H9ClF2O2. The van der Waals surface area contributed by atoms with Crippen molar-refractivity contribution in [2.75, 3.05) is 6.61 Å². The molecule has 0 aliphatic rings. The summed E-state index contributed by atoms with van der Waals surface area (Å²) in [6.07, 6.45) is -3.01. The molecule has 0 aliphatic heterocycles. The highest BCUT2D eigenvalue weighted by Gasteiger charge is 2.18. The summed E-state index contributed by atoms with van der Waals surface area (Å²) >= 11 is 5.74. The van der Waals surface area contributed by atoms with Crippen LogP contribution in [0.2, 0.25) is 5.02 Å². The van der Waals surface area contributed by atoms with Crippen molar-refractivity contribution in [2.45, 2.75) is 13.3 Å². The second kappa shape index (κ2) is 5.07. The number of ketones is 1. The molecule has 15 heavy (non-hydrogen) atoms. The quantitative estimate of drug-likeness (QED) is 0.748. The van der Waals surface area contributed by atoms with E-state index in [0.717, 1.165) is 0 Å². The summed E-state index contributed by atoms with van der Waals surface area (Å²) in [6.45, 7) is 2.09. The molecule has 1 aromatic rings. The van der Waals surface area contributed by atoms with Crippen LogP contribution in [0.15, 0.2) is 18.2 Å². The van der Waals surface area contributed by atoms with E-state index in [1.807, 2.05) is 0 Å². The molecule has 82 valence electrons. The Balaban J connectivity index is 3.01. The van der Waals surface area contributed by atoms with Crippen LogP contribution in [0.25, 0.3) is 0 Å². The normalized spacial score (nSPS) is 10.5. The second-order valence-corrected chi connectivity index (χ2v) is 3.15. The molecule has 0 aromatic heterocycles. The Kier molecular flexibility index (Phi) is 4.03. The largest absolute Gasteiger partial charge is 0.492 e. The third-order valence-corrected chi connectivity index (χ3v) is 2.03. The first-order valence-electron chi connectivity index (χ1n) is 4.31. The van der Waals surface area contributed by atoms with Crippen molar-refractivity contribution in [3.8, 4) is 5.75 Å². The Bertz CT molecular complexity index is 366. The number of ether oxygens (including phenoxy) is 1. The molecule has 1 rings (SSSR count). The Morgan fingerprint density at radius 1 is 1.53 bits per heavy atom. The van der Waals surface area contributed by atoms with Gasteiger partial charge in [-0.05, 0) is 25.1 Å². The molecule has 0 N–H and O–H groups in total. The molecular weight excluding hydrogens is 226 g/mol. The number of hydrogen-bond acceptors (Lipinski definition) is 2. The Hall–Kier alpha value is -1.16. The van der Waals surface area contributed by atoms with Crippen LogP contribution in [0.5, 0.6) is 5.75 Å². The van der Waals surface area contributed by atoms with E-state index in [1.165, 1.54) is 18.2 Å². The zero-order valence-electron chi connectivity index (χ0n) is 7.97. The van der Waals surface area contributed by atoms with Gasteiger partial charge in [0.25, 0.3) is 0 Å². The van der Waals surface area contributed by atoms with Gasteiger partial charge in [0.15, 0.2) is 0 Å². The molecule has 0 unspecified atom stereocenters. The van der Waals surface area contributed by atoms with Crippen LogP contribution in [-0.4, -0.2) is 18.8 Å². The van der Waals surface area contributed by atoms with Crippen molar-refractivity contribution >= 4 is 17.4 Å². The Morgan fingerprint density at radius 2 is 2.20 bits per heavy atom. The van der Waals surface area contributed by atoms with Gasteiger partial charge in [-0.15, -0.1) is 0 Å². The zero-order valence-corrected chi connectivity index (χ0v) is 8.72. The van der Waals surface area contributed by atoms with Crippen LogP contribution in [-0.2, 0) is 0 Å². The molecule has 0 amide bonds. The van der Waals surface area contributed by atoms with Gasteiger partial charge in [-0.2, -0.15) is 0 Å².